The third-order valence-electron chi connectivity index (χ3n) is 13.6. The molecule has 7 amide bonds. The number of imidazole rings is 1. The van der Waals surface area contributed by atoms with E-state index >= 15 is 0 Å². The zero-order valence-electron chi connectivity index (χ0n) is 47.7. The highest BCUT2D eigenvalue weighted by molar-refractivity contribution is 7.14. The molecule has 5 aromatic rings. The highest BCUT2D eigenvalue weighted by Gasteiger charge is 2.36. The van der Waals surface area contributed by atoms with E-state index in [1.54, 1.807) is 17.5 Å². The summed E-state index contributed by atoms with van der Waals surface area (Å²) < 4.78 is 0. The van der Waals surface area contributed by atoms with E-state index in [0.717, 1.165) is 57.4 Å². The Morgan fingerprint density at radius 2 is 1.48 bits per heavy atom. The number of aromatic amines is 1. The molecule has 0 spiro atoms. The lowest BCUT2D eigenvalue weighted by atomic mass is 9.90. The van der Waals surface area contributed by atoms with E-state index in [9.17, 15) is 43.8 Å². The number of anilines is 1. The number of carbonyl (C=O) groups is 7. The number of hydrogen-bond acceptors (Lipinski definition) is 22. The number of H-pyrrole nitrogens is 1. The van der Waals surface area contributed by atoms with Crippen molar-refractivity contribution in [1.29, 1.82) is 0 Å². The Kier molecular flexibility index (Phi) is 27.6. The van der Waals surface area contributed by atoms with Gasteiger partial charge in [0.25, 0.3) is 11.8 Å². The van der Waals surface area contributed by atoms with Crippen LogP contribution in [0.5, 0.6) is 0 Å². The van der Waals surface area contributed by atoms with Crippen molar-refractivity contribution in [2.24, 2.45) is 28.9 Å². The second-order valence-electron chi connectivity index (χ2n) is 20.3. The lowest BCUT2D eigenvalue weighted by molar-refractivity contribution is -0.136. The number of aliphatic hydroxyl groups excluding tert-OH is 2. The van der Waals surface area contributed by atoms with Crippen molar-refractivity contribution in [3.05, 3.63) is 92.2 Å². The van der Waals surface area contributed by atoms with Crippen LogP contribution >= 0.6 is 22.7 Å². The van der Waals surface area contributed by atoms with Crippen molar-refractivity contribution >= 4 is 69.8 Å². The van der Waals surface area contributed by atoms with Crippen LogP contribution in [0.3, 0.4) is 0 Å². The molecule has 8 atom stereocenters. The summed E-state index contributed by atoms with van der Waals surface area (Å²) in [6.07, 6.45) is 3.48. The highest BCUT2D eigenvalue weighted by Crippen LogP contribution is 2.26. The molecule has 0 saturated heterocycles. The average molecular weight is 1200 g/mol. The summed E-state index contributed by atoms with van der Waals surface area (Å²) in [5.41, 5.74) is 31.1. The third kappa shape index (κ3) is 21.3. The minimum atomic E-state index is -1.62. The van der Waals surface area contributed by atoms with Crippen LogP contribution in [-0.2, 0) is 43.2 Å². The minimum Gasteiger partial charge on any atom is -0.391 e. The quantitative estimate of drug-likeness (QED) is 0.0190. The molecule has 458 valence electrons. The van der Waals surface area contributed by atoms with Gasteiger partial charge in [-0.15, -0.1) is 22.7 Å². The van der Waals surface area contributed by atoms with Crippen LogP contribution in [0.1, 0.15) is 106 Å². The van der Waals surface area contributed by atoms with Gasteiger partial charge in [0.15, 0.2) is 0 Å². The van der Waals surface area contributed by atoms with Crippen molar-refractivity contribution in [3.63, 3.8) is 0 Å². The van der Waals surface area contributed by atoms with Crippen LogP contribution in [0.25, 0.3) is 10.7 Å². The number of hydrogen-bond donors (Lipinski definition) is 16. The van der Waals surface area contributed by atoms with Crippen molar-refractivity contribution in [2.75, 3.05) is 58.1 Å². The number of aryl methyl sites for hydroxylation is 1. The SMILES string of the molecule is Cc1ccccc1C[C@@H](NC(=O)[C@H](Cc1cnc[nH]1)NC(=O)c1nc([C@H](CC(N)=O)NC[C@H](N)C(N)=O)nc(N)c1C)[C@@H](O)[C@H](C)C(=O)N[C@H](C(=O)NCCc1nc(-c2nc(C(=O)NCCCNCCCCNCCCN)cs2)cs1)[C@@H](C)O. The number of nitrogens with one attached hydrogen (secondary N) is 9. The molecule has 0 aliphatic carbocycles. The Hall–Kier alpha value is -7.42. The number of benzene rings is 1. The molecule has 0 bridgehead atoms. The number of carbonyl (C=O) groups excluding carboxylic acids is 7. The molecule has 84 heavy (non-hydrogen) atoms. The molecule has 5 rings (SSSR count). The number of primary amides is 2. The third-order valence-corrected chi connectivity index (χ3v) is 15.4. The first kappa shape index (κ1) is 67.4. The first-order valence-electron chi connectivity index (χ1n) is 27.7. The fourth-order valence-electron chi connectivity index (χ4n) is 8.52. The van der Waals surface area contributed by atoms with Gasteiger partial charge in [0, 0.05) is 67.1 Å². The molecule has 0 fully saturated rings. The number of amides is 7. The van der Waals surface area contributed by atoms with Crippen LogP contribution in [0, 0.1) is 19.8 Å². The van der Waals surface area contributed by atoms with Gasteiger partial charge >= 0.3 is 0 Å². The number of nitrogen functional groups attached to an aromatic ring is 1. The number of thiazole rings is 2. The average Bonchev–Trinajstić information content (AvgIpc) is 4.42. The summed E-state index contributed by atoms with van der Waals surface area (Å²) in [7, 11) is 0. The second kappa shape index (κ2) is 34.4. The Morgan fingerprint density at radius 3 is 2.14 bits per heavy atom. The largest absolute Gasteiger partial charge is 0.391 e. The Bertz CT molecular complexity index is 2940. The van der Waals surface area contributed by atoms with Gasteiger partial charge in [0.2, 0.25) is 29.5 Å². The normalized spacial score (nSPS) is 14.2. The van der Waals surface area contributed by atoms with Crippen LogP contribution in [0.2, 0.25) is 0 Å². The van der Waals surface area contributed by atoms with Crippen LogP contribution < -0.4 is 71.2 Å². The van der Waals surface area contributed by atoms with Gasteiger partial charge < -0.3 is 86.4 Å². The van der Waals surface area contributed by atoms with E-state index in [1.165, 1.54) is 56.0 Å². The fraction of sp³-hybridized carbons (Fsp3) is 0.519. The monoisotopic (exact) mass is 1200 g/mol. The van der Waals surface area contributed by atoms with E-state index in [2.05, 4.69) is 72.4 Å². The fourth-order valence-corrected chi connectivity index (χ4v) is 10.1. The summed E-state index contributed by atoms with van der Waals surface area (Å²) in [5.74, 6) is -6.66. The smallest absolute Gasteiger partial charge is 0.271 e. The summed E-state index contributed by atoms with van der Waals surface area (Å²) in [5, 5.41) is 50.9. The second-order valence-corrected chi connectivity index (χ2v) is 22.1. The van der Waals surface area contributed by atoms with Gasteiger partial charge in [0.1, 0.15) is 45.8 Å². The Labute approximate surface area is 495 Å². The summed E-state index contributed by atoms with van der Waals surface area (Å²) in [6, 6.07) is 0.971. The van der Waals surface area contributed by atoms with Crippen LogP contribution in [0.15, 0.2) is 47.5 Å². The lowest BCUT2D eigenvalue weighted by Gasteiger charge is -2.31. The molecule has 0 unspecified atom stereocenters. The number of unbranched alkanes of at least 4 members (excludes halogenated alkanes) is 1. The topological polar surface area (TPSA) is 467 Å². The summed E-state index contributed by atoms with van der Waals surface area (Å²) in [4.78, 5) is 118. The number of aromatic nitrogens is 6. The van der Waals surface area contributed by atoms with Gasteiger partial charge in [-0.3, -0.25) is 33.6 Å². The molecule has 30 heteroatoms. The standard InChI is InChI=1S/C54H81N19O9S2/c1-29-11-5-6-12-33(29)21-36(68-51(80)38(22-34-24-62-28-66-34)69-53(82)43-30(2)46(58)73-48(71-43)37(23-41(57)75)65-25-35(56)47(59)77)45(76)31(3)49(78)72-44(32(4)74)52(81)64-20-13-42-67-40(27-83-42)54-70-39(26-84-54)50(79)63-19-10-18-61-16-8-7-15-60-17-9-14-55/h5-6,11-12,24,26-28,31-32,35-38,44-45,60-61,65,74,76H,7-10,13-23,25,55-56H2,1-4H3,(H2,57,75)(H2,59,77)(H,62,66)(H,63,79)(H,64,81)(H,68,80)(H,69,82)(H,72,78)(H2,58,71,73)/t31-,32+,35-,36+,37-,38-,44-,45-/m0/s1. The van der Waals surface area contributed by atoms with Gasteiger partial charge in [-0.05, 0) is 96.7 Å². The highest BCUT2D eigenvalue weighted by atomic mass is 32.1. The maximum absolute atomic E-state index is 14.6. The van der Waals surface area contributed by atoms with E-state index < -0.39 is 83.8 Å². The number of nitrogens with two attached hydrogens (primary N) is 5. The van der Waals surface area contributed by atoms with Crippen LogP contribution in [-0.4, -0.2) is 170 Å². The minimum absolute atomic E-state index is 0.00662. The molecule has 4 aromatic heterocycles. The molecular weight excluding hydrogens is 1120 g/mol. The van der Waals surface area contributed by atoms with E-state index in [1.807, 2.05) is 24.4 Å². The van der Waals surface area contributed by atoms with E-state index in [0.29, 0.717) is 46.5 Å². The predicted octanol–water partition coefficient (Wildman–Crippen LogP) is -1.98. The van der Waals surface area contributed by atoms with Crippen LogP contribution in [0.4, 0.5) is 5.82 Å². The maximum Gasteiger partial charge on any atom is 0.271 e. The zero-order valence-corrected chi connectivity index (χ0v) is 49.4. The zero-order chi connectivity index (χ0) is 61.3. The summed E-state index contributed by atoms with van der Waals surface area (Å²) >= 11 is 2.63. The summed E-state index contributed by atoms with van der Waals surface area (Å²) in [6.45, 7) is 10.7. The maximum atomic E-state index is 14.6. The molecule has 1 aromatic carbocycles. The number of aliphatic hydroxyl groups is 2. The van der Waals surface area contributed by atoms with Gasteiger partial charge in [-0.1, -0.05) is 31.2 Å². The van der Waals surface area contributed by atoms with Gasteiger partial charge in [-0.2, -0.15) is 0 Å². The lowest BCUT2D eigenvalue weighted by Crippen LogP contribution is -2.58. The number of rotatable bonds is 38. The van der Waals surface area contributed by atoms with Crippen molar-refractivity contribution < 1.29 is 43.8 Å². The Morgan fingerprint density at radius 1 is 0.762 bits per heavy atom. The van der Waals surface area contributed by atoms with Gasteiger partial charge in [-0.25, -0.2) is 24.9 Å². The predicted molar refractivity (Wildman–Crippen MR) is 318 cm³/mol. The van der Waals surface area contributed by atoms with E-state index in [-0.39, 0.29) is 66.9 Å². The Balaban J connectivity index is 1.20. The molecule has 0 aliphatic rings. The first-order chi connectivity index (χ1) is 40.2. The molecule has 21 N–H and O–H groups in total. The van der Waals surface area contributed by atoms with Crippen molar-refractivity contribution in [2.45, 2.75) is 121 Å². The first-order valence-corrected chi connectivity index (χ1v) is 29.5. The van der Waals surface area contributed by atoms with E-state index in [4.69, 9.17) is 28.7 Å². The molecule has 0 saturated carbocycles. The molecular formula is C54H81N19O9S2. The molecule has 4 heterocycles. The molecule has 0 radical (unpaired) electrons. The molecule has 28 nitrogen and oxygen atoms in total. The van der Waals surface area contributed by atoms with Gasteiger partial charge in [0.05, 0.1) is 47.6 Å². The number of nitrogens with zero attached hydrogens (tertiary/aromatic N) is 5. The molecule has 0 aliphatic heterocycles. The van der Waals surface area contributed by atoms with Crippen molar-refractivity contribution in [1.82, 2.24) is 72.4 Å². The van der Waals surface area contributed by atoms with Crippen molar-refractivity contribution in [3.8, 4) is 10.7 Å².